The molecule has 0 atom stereocenters. The van der Waals surface area contributed by atoms with E-state index in [1.165, 1.54) is 6.33 Å². The van der Waals surface area contributed by atoms with Gasteiger partial charge in [0.1, 0.15) is 6.33 Å². The second-order valence-electron chi connectivity index (χ2n) is 2.90. The molecule has 3 aliphatic rings. The number of rotatable bonds is 0. The maximum absolute atomic E-state index is 10.9. The van der Waals surface area contributed by atoms with E-state index in [9.17, 15) is 4.79 Å². The second kappa shape index (κ2) is 2.41. The number of imidazole rings is 1. The van der Waals surface area contributed by atoms with Crippen molar-refractivity contribution < 1.29 is 4.79 Å². The molecule has 1 aliphatic carbocycles. The van der Waals surface area contributed by atoms with Gasteiger partial charge >= 0.3 is 6.03 Å². The van der Waals surface area contributed by atoms with E-state index in [-0.39, 0.29) is 0 Å². The van der Waals surface area contributed by atoms with Crippen LogP contribution < -0.4 is 10.7 Å². The van der Waals surface area contributed by atoms with Crippen molar-refractivity contribution in [2.24, 2.45) is 9.98 Å². The van der Waals surface area contributed by atoms with Crippen molar-refractivity contribution in [2.45, 2.75) is 0 Å². The Balaban J connectivity index is 2.51. The molecule has 0 saturated carbocycles. The van der Waals surface area contributed by atoms with Crippen LogP contribution in [0.1, 0.15) is 0 Å². The summed E-state index contributed by atoms with van der Waals surface area (Å²) in [6.45, 7) is 0. The van der Waals surface area contributed by atoms with Crippen LogP contribution in [0.2, 0.25) is 0 Å². The molecule has 0 spiro atoms. The lowest BCUT2D eigenvalue weighted by Crippen LogP contribution is -2.18. The summed E-state index contributed by atoms with van der Waals surface area (Å²) in [6.07, 6.45) is 1.48. The van der Waals surface area contributed by atoms with Crippen molar-refractivity contribution in [1.29, 1.82) is 0 Å². The summed E-state index contributed by atoms with van der Waals surface area (Å²) in [7, 11) is 0. The van der Waals surface area contributed by atoms with E-state index < -0.39 is 6.03 Å². The molecule has 66 valence electrons. The molecule has 2 heterocycles. The third-order valence-corrected chi connectivity index (χ3v) is 2.02. The van der Waals surface area contributed by atoms with Gasteiger partial charge in [0.25, 0.3) is 0 Å². The summed E-state index contributed by atoms with van der Waals surface area (Å²) in [6, 6.07) is 4.75. The van der Waals surface area contributed by atoms with Crippen molar-refractivity contribution in [3.63, 3.8) is 0 Å². The average Bonchev–Trinajstić information content (AvgIpc) is 2.69. The van der Waals surface area contributed by atoms with Crippen molar-refractivity contribution in [1.82, 2.24) is 9.97 Å². The zero-order chi connectivity index (χ0) is 9.54. The van der Waals surface area contributed by atoms with Gasteiger partial charge < -0.3 is 0 Å². The number of amides is 2. The van der Waals surface area contributed by atoms with Crippen LogP contribution >= 0.6 is 0 Å². The Morgan fingerprint density at radius 2 is 1.71 bits per heavy atom. The number of aromatic nitrogens is 2. The first kappa shape index (κ1) is 7.25. The maximum atomic E-state index is 10.9. The first-order valence-electron chi connectivity index (χ1n) is 4.05. The summed E-state index contributed by atoms with van der Waals surface area (Å²) < 4.78 is 0. The predicted molar refractivity (Wildman–Crippen MR) is 46.4 cm³/mol. The summed E-state index contributed by atoms with van der Waals surface area (Å²) in [4.78, 5) is 26.5. The van der Waals surface area contributed by atoms with Gasteiger partial charge in [-0.1, -0.05) is 0 Å². The van der Waals surface area contributed by atoms with Gasteiger partial charge in [0.2, 0.25) is 0 Å². The maximum Gasteiger partial charge on any atom is 0.368 e. The van der Waals surface area contributed by atoms with E-state index in [1.807, 2.05) is 0 Å². The van der Waals surface area contributed by atoms with Gasteiger partial charge in [-0.2, -0.15) is 9.98 Å². The molecule has 0 aromatic rings. The quantitative estimate of drug-likeness (QED) is 0.576. The van der Waals surface area contributed by atoms with E-state index in [0.29, 0.717) is 10.7 Å². The fourth-order valence-electron chi connectivity index (χ4n) is 1.39. The highest BCUT2D eigenvalue weighted by Gasteiger charge is 2.08. The molecule has 14 heavy (non-hydrogen) atoms. The number of urea groups is 1. The standard InChI is InChI=1S/C9H4N4O/c14-9-12-6-2-1-5-7(11-4-10-5)3-8(6)13-9/h1-4H. The smallest absolute Gasteiger partial charge is 0.244 e. The Hall–Kier alpha value is -2.17. The fourth-order valence-corrected chi connectivity index (χ4v) is 1.39. The molecule has 0 saturated heterocycles. The number of carbonyl (C=O) groups excluding carboxylic acids is 1. The van der Waals surface area contributed by atoms with Crippen molar-refractivity contribution in [2.75, 3.05) is 0 Å². The average molecular weight is 184 g/mol. The fraction of sp³-hybridized carbons (Fsp3) is 0. The summed E-state index contributed by atoms with van der Waals surface area (Å²) >= 11 is 0. The third-order valence-electron chi connectivity index (χ3n) is 2.02. The Morgan fingerprint density at radius 3 is 2.64 bits per heavy atom. The molecule has 0 N–H and O–H groups in total. The topological polar surface area (TPSA) is 67.6 Å². The Bertz CT molecular complexity index is 619. The molecule has 5 heteroatoms. The van der Waals surface area contributed by atoms with Gasteiger partial charge in [0, 0.05) is 0 Å². The minimum Gasteiger partial charge on any atom is -0.244 e. The number of hydrogen-bond donors (Lipinski definition) is 0. The van der Waals surface area contributed by atoms with Gasteiger partial charge in [-0.05, 0) is 18.2 Å². The molecule has 2 aliphatic heterocycles. The summed E-state index contributed by atoms with van der Waals surface area (Å²) in [5.41, 5.74) is 1.50. The van der Waals surface area contributed by atoms with Gasteiger partial charge in [-0.25, -0.2) is 14.8 Å². The third kappa shape index (κ3) is 0.922. The molecule has 0 bridgehead atoms. The van der Waals surface area contributed by atoms with E-state index in [1.54, 1.807) is 18.2 Å². The number of hydrogen-bond acceptors (Lipinski definition) is 3. The molecule has 0 unspecified atom stereocenters. The molecule has 0 fully saturated rings. The molecule has 0 aromatic heterocycles. The molecule has 0 aromatic carbocycles. The van der Waals surface area contributed by atoms with Crippen LogP contribution in [0, 0.1) is 0 Å². The van der Waals surface area contributed by atoms with E-state index in [2.05, 4.69) is 20.0 Å². The van der Waals surface area contributed by atoms with Crippen LogP contribution in [0.5, 0.6) is 0 Å². The zero-order valence-corrected chi connectivity index (χ0v) is 7.01. The van der Waals surface area contributed by atoms with Crippen LogP contribution in [0.25, 0.3) is 11.4 Å². The van der Waals surface area contributed by atoms with Crippen molar-refractivity contribution >= 4 is 6.03 Å². The lowest BCUT2D eigenvalue weighted by molar-refractivity contribution is 0.256. The first-order valence-corrected chi connectivity index (χ1v) is 4.05. The number of fused-ring (bicyclic) bond motifs is 2. The summed E-state index contributed by atoms with van der Waals surface area (Å²) in [5, 5.41) is 1.14. The molecular weight excluding hydrogens is 180 g/mol. The van der Waals surface area contributed by atoms with Crippen LogP contribution in [0.3, 0.4) is 0 Å². The van der Waals surface area contributed by atoms with Gasteiger partial charge in [0.05, 0.1) is 22.1 Å². The van der Waals surface area contributed by atoms with Crippen LogP contribution in [-0.2, 0) is 0 Å². The minimum absolute atomic E-state index is 0.459. The summed E-state index contributed by atoms with van der Waals surface area (Å²) in [5.74, 6) is 0. The van der Waals surface area contributed by atoms with Gasteiger partial charge in [-0.15, -0.1) is 0 Å². The zero-order valence-electron chi connectivity index (χ0n) is 7.01. The molecule has 5 nitrogen and oxygen atoms in total. The SMILES string of the molecule is O=C1N=c2ccc3ncnc-3cc2=N1. The Kier molecular flexibility index (Phi) is 1.25. The van der Waals surface area contributed by atoms with E-state index in [4.69, 9.17) is 0 Å². The highest BCUT2D eigenvalue weighted by atomic mass is 16.2. The monoisotopic (exact) mass is 184 g/mol. The number of carbonyl (C=O) groups is 1. The minimum atomic E-state index is -0.459. The molecular formula is C9H4N4O. The van der Waals surface area contributed by atoms with E-state index >= 15 is 0 Å². The van der Waals surface area contributed by atoms with Gasteiger partial charge in [-0.3, -0.25) is 0 Å². The molecule has 0 radical (unpaired) electrons. The highest BCUT2D eigenvalue weighted by Crippen LogP contribution is 2.10. The van der Waals surface area contributed by atoms with Gasteiger partial charge in [0.15, 0.2) is 0 Å². The molecule has 3 rings (SSSR count). The normalized spacial score (nSPS) is 13.6. The largest absolute Gasteiger partial charge is 0.368 e. The first-order chi connectivity index (χ1) is 6.83. The van der Waals surface area contributed by atoms with Crippen molar-refractivity contribution in [3.8, 4) is 11.4 Å². The van der Waals surface area contributed by atoms with Crippen LogP contribution in [0.4, 0.5) is 4.79 Å². The lowest BCUT2D eigenvalue weighted by atomic mass is 10.3. The Labute approximate surface area is 78.2 Å². The van der Waals surface area contributed by atoms with Crippen LogP contribution in [-0.4, -0.2) is 16.0 Å². The van der Waals surface area contributed by atoms with Crippen LogP contribution in [0.15, 0.2) is 34.5 Å². The highest BCUT2D eigenvalue weighted by molar-refractivity contribution is 5.77. The Morgan fingerprint density at radius 1 is 0.929 bits per heavy atom. The van der Waals surface area contributed by atoms with E-state index in [0.717, 1.165) is 11.4 Å². The van der Waals surface area contributed by atoms with Crippen molar-refractivity contribution in [3.05, 3.63) is 35.2 Å². The predicted octanol–water partition coefficient (Wildman–Crippen LogP) is -0.0458. The number of nitrogens with zero attached hydrogens (tertiary/aromatic N) is 4. The molecule has 2 amide bonds. The second-order valence-corrected chi connectivity index (χ2v) is 2.90. The lowest BCUT2D eigenvalue weighted by Gasteiger charge is -1.82.